The molecule has 0 atom stereocenters. The first-order chi connectivity index (χ1) is 13.7. The van der Waals surface area contributed by atoms with E-state index in [1.165, 1.54) is 0 Å². The van der Waals surface area contributed by atoms with E-state index in [0.29, 0.717) is 43.6 Å². The number of hydrogen-bond acceptors (Lipinski definition) is 5. The average Bonchev–Trinajstić information content (AvgIpc) is 3.25. The number of nitrogens with one attached hydrogen (secondary N) is 3. The first-order valence-electron chi connectivity index (χ1n) is 9.20. The molecule has 2 rings (SSSR count). The van der Waals surface area contributed by atoms with E-state index in [2.05, 4.69) is 20.9 Å². The number of methoxy groups -OCH3 is 1. The van der Waals surface area contributed by atoms with Crippen molar-refractivity contribution in [3.8, 4) is 5.75 Å². The Labute approximate surface area is 188 Å². The summed E-state index contributed by atoms with van der Waals surface area (Å²) in [5.74, 6) is 2.02. The number of hydrogen-bond donors (Lipinski definition) is 3. The lowest BCUT2D eigenvalue weighted by Gasteiger charge is -2.12. The third kappa shape index (κ3) is 9.66. The van der Waals surface area contributed by atoms with Crippen molar-refractivity contribution in [2.45, 2.75) is 13.0 Å². The van der Waals surface area contributed by atoms with Gasteiger partial charge in [0.05, 0.1) is 13.4 Å². The van der Waals surface area contributed by atoms with Gasteiger partial charge in [-0.3, -0.25) is 9.79 Å². The maximum atomic E-state index is 12.1. The van der Waals surface area contributed by atoms with E-state index in [1.54, 1.807) is 44.7 Å². The third-order valence-electron chi connectivity index (χ3n) is 3.84. The van der Waals surface area contributed by atoms with Crippen molar-refractivity contribution in [2.24, 2.45) is 4.99 Å². The molecular formula is C20H29IN4O4. The Morgan fingerprint density at radius 3 is 2.62 bits per heavy atom. The van der Waals surface area contributed by atoms with Crippen LogP contribution in [0.5, 0.6) is 5.75 Å². The van der Waals surface area contributed by atoms with Crippen molar-refractivity contribution < 1.29 is 18.7 Å². The Morgan fingerprint density at radius 2 is 1.90 bits per heavy atom. The summed E-state index contributed by atoms with van der Waals surface area (Å²) in [7, 11) is 3.28. The number of carbonyl (C=O) groups excluding carboxylic acids is 1. The van der Waals surface area contributed by atoms with E-state index < -0.39 is 0 Å². The largest absolute Gasteiger partial charge is 0.497 e. The molecule has 9 heteroatoms. The second kappa shape index (κ2) is 14.7. The standard InChI is InChI=1S/C20H28N4O4.HI/c1-21-20(23-9-5-12-27-15-18-8-4-13-28-18)24-11-10-22-19(25)16-6-3-7-17(14-16)26-2;/h3-4,6-8,13-14H,5,9-12,15H2,1-2H3,(H,22,25)(H2,21,23,24);1H. The molecule has 0 saturated heterocycles. The molecule has 29 heavy (non-hydrogen) atoms. The first-order valence-corrected chi connectivity index (χ1v) is 9.20. The van der Waals surface area contributed by atoms with Gasteiger partial charge in [0.25, 0.3) is 5.91 Å². The lowest BCUT2D eigenvalue weighted by atomic mass is 10.2. The van der Waals surface area contributed by atoms with Crippen LogP contribution in [-0.4, -0.2) is 52.3 Å². The normalized spacial score (nSPS) is 10.8. The van der Waals surface area contributed by atoms with Crippen molar-refractivity contribution in [2.75, 3.05) is 40.4 Å². The van der Waals surface area contributed by atoms with Gasteiger partial charge >= 0.3 is 0 Å². The summed E-state index contributed by atoms with van der Waals surface area (Å²) in [6, 6.07) is 10.8. The van der Waals surface area contributed by atoms with Gasteiger partial charge in [0.1, 0.15) is 18.1 Å². The third-order valence-corrected chi connectivity index (χ3v) is 3.84. The van der Waals surface area contributed by atoms with Crippen LogP contribution in [0.25, 0.3) is 0 Å². The van der Waals surface area contributed by atoms with Crippen LogP contribution < -0.4 is 20.7 Å². The molecule has 1 heterocycles. The number of rotatable bonds is 11. The van der Waals surface area contributed by atoms with Gasteiger partial charge in [-0.1, -0.05) is 6.07 Å². The number of nitrogens with zero attached hydrogens (tertiary/aromatic N) is 1. The highest BCUT2D eigenvalue weighted by atomic mass is 127. The molecule has 0 aliphatic heterocycles. The second-order valence-electron chi connectivity index (χ2n) is 5.90. The minimum absolute atomic E-state index is 0. The molecule has 0 radical (unpaired) electrons. The van der Waals surface area contributed by atoms with Crippen molar-refractivity contribution >= 4 is 35.8 Å². The summed E-state index contributed by atoms with van der Waals surface area (Å²) in [5.41, 5.74) is 0.566. The predicted molar refractivity (Wildman–Crippen MR) is 123 cm³/mol. The molecule has 1 aromatic carbocycles. The molecule has 0 spiro atoms. The molecule has 0 aliphatic carbocycles. The number of aliphatic imine (C=N–C) groups is 1. The van der Waals surface area contributed by atoms with E-state index in [9.17, 15) is 4.79 Å². The number of amides is 1. The van der Waals surface area contributed by atoms with Gasteiger partial charge < -0.3 is 29.8 Å². The molecule has 0 bridgehead atoms. The molecule has 3 N–H and O–H groups in total. The molecule has 0 fully saturated rings. The summed E-state index contributed by atoms with van der Waals surface area (Å²) in [6.45, 7) is 2.87. The maximum absolute atomic E-state index is 12.1. The predicted octanol–water partition coefficient (Wildman–Crippen LogP) is 2.41. The van der Waals surface area contributed by atoms with Gasteiger partial charge in [-0.2, -0.15) is 0 Å². The summed E-state index contributed by atoms with van der Waals surface area (Å²) >= 11 is 0. The molecule has 2 aromatic rings. The zero-order valence-electron chi connectivity index (χ0n) is 16.8. The minimum atomic E-state index is -0.141. The van der Waals surface area contributed by atoms with Gasteiger partial charge in [0.2, 0.25) is 0 Å². The van der Waals surface area contributed by atoms with Crippen molar-refractivity contribution in [1.29, 1.82) is 0 Å². The lowest BCUT2D eigenvalue weighted by Crippen LogP contribution is -2.42. The van der Waals surface area contributed by atoms with E-state index >= 15 is 0 Å². The van der Waals surface area contributed by atoms with Crippen molar-refractivity contribution in [1.82, 2.24) is 16.0 Å². The van der Waals surface area contributed by atoms with Gasteiger partial charge in [-0.25, -0.2) is 0 Å². The van der Waals surface area contributed by atoms with Crippen molar-refractivity contribution in [3.05, 3.63) is 54.0 Å². The van der Waals surface area contributed by atoms with E-state index in [0.717, 1.165) is 18.7 Å². The number of ether oxygens (including phenoxy) is 2. The van der Waals surface area contributed by atoms with Crippen LogP contribution in [0.15, 0.2) is 52.1 Å². The zero-order chi connectivity index (χ0) is 20.0. The van der Waals surface area contributed by atoms with Crippen molar-refractivity contribution in [3.63, 3.8) is 0 Å². The Bertz CT molecular complexity index is 738. The van der Waals surface area contributed by atoms with Crippen LogP contribution in [0, 0.1) is 0 Å². The Hall–Kier alpha value is -2.27. The fraction of sp³-hybridized carbons (Fsp3) is 0.400. The summed E-state index contributed by atoms with van der Waals surface area (Å²) < 4.78 is 15.9. The van der Waals surface area contributed by atoms with E-state index in [4.69, 9.17) is 13.9 Å². The van der Waals surface area contributed by atoms with Crippen LogP contribution >= 0.6 is 24.0 Å². The second-order valence-corrected chi connectivity index (χ2v) is 5.90. The molecule has 0 unspecified atom stereocenters. The highest BCUT2D eigenvalue weighted by Crippen LogP contribution is 2.12. The zero-order valence-corrected chi connectivity index (χ0v) is 19.1. The fourth-order valence-corrected chi connectivity index (χ4v) is 2.39. The highest BCUT2D eigenvalue weighted by molar-refractivity contribution is 14.0. The van der Waals surface area contributed by atoms with Gasteiger partial charge in [-0.15, -0.1) is 24.0 Å². The van der Waals surface area contributed by atoms with E-state index in [-0.39, 0.29) is 29.9 Å². The monoisotopic (exact) mass is 516 g/mol. The average molecular weight is 516 g/mol. The summed E-state index contributed by atoms with van der Waals surface area (Å²) in [4.78, 5) is 16.3. The number of guanidine groups is 1. The Kier molecular flexibility index (Phi) is 12.5. The maximum Gasteiger partial charge on any atom is 0.251 e. The van der Waals surface area contributed by atoms with E-state index in [1.807, 2.05) is 12.1 Å². The Balaban J connectivity index is 0.00000420. The molecule has 0 saturated carbocycles. The number of carbonyl (C=O) groups is 1. The minimum Gasteiger partial charge on any atom is -0.497 e. The van der Waals surface area contributed by atoms with Gasteiger partial charge in [0.15, 0.2) is 5.96 Å². The number of halogens is 1. The van der Waals surface area contributed by atoms with Crippen LogP contribution in [0.2, 0.25) is 0 Å². The highest BCUT2D eigenvalue weighted by Gasteiger charge is 2.06. The SMILES string of the molecule is CN=C(NCCCOCc1ccco1)NCCNC(=O)c1cccc(OC)c1.I. The molecule has 0 aliphatic rings. The Morgan fingerprint density at radius 1 is 1.10 bits per heavy atom. The lowest BCUT2D eigenvalue weighted by molar-refractivity contribution is 0.0954. The smallest absolute Gasteiger partial charge is 0.251 e. The number of furan rings is 1. The molecule has 1 amide bonds. The first kappa shape index (κ1) is 24.8. The van der Waals surface area contributed by atoms with Crippen LogP contribution in [0.4, 0.5) is 0 Å². The fourth-order valence-electron chi connectivity index (χ4n) is 2.39. The van der Waals surface area contributed by atoms with Crippen LogP contribution in [-0.2, 0) is 11.3 Å². The molecule has 160 valence electrons. The summed E-state index contributed by atoms with van der Waals surface area (Å²) in [6.07, 6.45) is 2.48. The topological polar surface area (TPSA) is 97.1 Å². The molecular weight excluding hydrogens is 487 g/mol. The number of benzene rings is 1. The molecule has 1 aromatic heterocycles. The molecule has 8 nitrogen and oxygen atoms in total. The van der Waals surface area contributed by atoms with Gasteiger partial charge in [-0.05, 0) is 36.8 Å². The quantitative estimate of drug-likeness (QED) is 0.184. The summed E-state index contributed by atoms with van der Waals surface area (Å²) in [5, 5.41) is 9.22. The van der Waals surface area contributed by atoms with Crippen LogP contribution in [0.1, 0.15) is 22.5 Å². The van der Waals surface area contributed by atoms with Crippen LogP contribution in [0.3, 0.4) is 0 Å². The van der Waals surface area contributed by atoms with Gasteiger partial charge in [0, 0.05) is 38.9 Å².